The Morgan fingerprint density at radius 3 is 2.53 bits per heavy atom. The molecule has 3 fully saturated rings. The topological polar surface area (TPSA) is 57.6 Å². The van der Waals surface area contributed by atoms with Gasteiger partial charge in [-0.25, -0.2) is 0 Å². The first-order chi connectivity index (χ1) is 9.03. The Kier molecular flexibility index (Phi) is 3.06. The van der Waals surface area contributed by atoms with Crippen LogP contribution in [0.1, 0.15) is 45.4 Å². The largest absolute Gasteiger partial charge is 0.481 e. The fourth-order valence-corrected chi connectivity index (χ4v) is 4.26. The van der Waals surface area contributed by atoms with Gasteiger partial charge in [-0.1, -0.05) is 19.8 Å². The molecule has 3 aliphatic rings. The molecule has 0 aromatic carbocycles. The molecule has 1 heterocycles. The van der Waals surface area contributed by atoms with Crippen molar-refractivity contribution in [1.82, 2.24) is 4.90 Å². The second-order valence-corrected chi connectivity index (χ2v) is 6.82. The maximum Gasteiger partial charge on any atom is 0.306 e. The highest BCUT2D eigenvalue weighted by Gasteiger charge is 2.59. The van der Waals surface area contributed by atoms with Crippen molar-refractivity contribution in [1.29, 1.82) is 0 Å². The van der Waals surface area contributed by atoms with Gasteiger partial charge in [0, 0.05) is 19.0 Å². The van der Waals surface area contributed by atoms with Crippen molar-refractivity contribution in [2.45, 2.75) is 45.4 Å². The average molecular weight is 265 g/mol. The van der Waals surface area contributed by atoms with Gasteiger partial charge in [-0.3, -0.25) is 9.59 Å². The van der Waals surface area contributed by atoms with E-state index < -0.39 is 5.97 Å². The fourth-order valence-electron chi connectivity index (χ4n) is 4.26. The molecule has 2 aliphatic carbocycles. The van der Waals surface area contributed by atoms with Crippen LogP contribution in [0.5, 0.6) is 0 Å². The number of aliphatic carboxylic acids is 1. The fraction of sp³-hybridized carbons (Fsp3) is 0.867. The SMILES string of the molecule is CC1CN(C(=O)C2CC23CCCC3)CCC1C(=O)O. The van der Waals surface area contributed by atoms with Crippen molar-refractivity contribution in [3.8, 4) is 0 Å². The molecule has 3 rings (SSSR count). The van der Waals surface area contributed by atoms with Gasteiger partial charge < -0.3 is 10.0 Å². The summed E-state index contributed by atoms with van der Waals surface area (Å²) in [7, 11) is 0. The summed E-state index contributed by atoms with van der Waals surface area (Å²) in [5, 5.41) is 9.12. The van der Waals surface area contributed by atoms with Gasteiger partial charge in [0.05, 0.1) is 5.92 Å². The molecule has 2 saturated carbocycles. The molecule has 4 nitrogen and oxygen atoms in total. The van der Waals surface area contributed by atoms with Crippen LogP contribution in [-0.2, 0) is 9.59 Å². The molecule has 106 valence electrons. The molecular formula is C15H23NO3. The third-order valence-electron chi connectivity index (χ3n) is 5.62. The summed E-state index contributed by atoms with van der Waals surface area (Å²) in [6.07, 6.45) is 6.71. The summed E-state index contributed by atoms with van der Waals surface area (Å²) in [6.45, 7) is 3.21. The quantitative estimate of drug-likeness (QED) is 0.832. The van der Waals surface area contributed by atoms with Gasteiger partial charge in [0.2, 0.25) is 5.91 Å². The molecule has 4 heteroatoms. The summed E-state index contributed by atoms with van der Waals surface area (Å²) in [5.74, 6) is -0.350. The third-order valence-corrected chi connectivity index (χ3v) is 5.62. The van der Waals surface area contributed by atoms with Crippen molar-refractivity contribution in [2.75, 3.05) is 13.1 Å². The Hall–Kier alpha value is -1.06. The van der Waals surface area contributed by atoms with E-state index in [9.17, 15) is 9.59 Å². The predicted molar refractivity (Wildman–Crippen MR) is 70.5 cm³/mol. The summed E-state index contributed by atoms with van der Waals surface area (Å²) in [6, 6.07) is 0. The standard InChI is InChI=1S/C15H23NO3/c1-10-9-16(7-4-11(10)14(18)19)13(17)12-8-15(12)5-2-3-6-15/h10-12H,2-9H2,1H3,(H,18,19). The van der Waals surface area contributed by atoms with Crippen LogP contribution in [0.25, 0.3) is 0 Å². The Bertz CT molecular complexity index is 400. The van der Waals surface area contributed by atoms with Crippen LogP contribution in [0, 0.1) is 23.2 Å². The van der Waals surface area contributed by atoms with Crippen molar-refractivity contribution in [3.63, 3.8) is 0 Å². The maximum absolute atomic E-state index is 12.5. The number of carbonyl (C=O) groups is 2. The lowest BCUT2D eigenvalue weighted by atomic mass is 9.86. The molecule has 0 radical (unpaired) electrons. The first kappa shape index (κ1) is 12.9. The number of nitrogens with zero attached hydrogens (tertiary/aromatic N) is 1. The summed E-state index contributed by atoms with van der Waals surface area (Å²) in [5.41, 5.74) is 0.351. The minimum absolute atomic E-state index is 0.0773. The van der Waals surface area contributed by atoms with Gasteiger partial charge in [-0.15, -0.1) is 0 Å². The molecular weight excluding hydrogens is 242 g/mol. The summed E-state index contributed by atoms with van der Waals surface area (Å²) >= 11 is 0. The second-order valence-electron chi connectivity index (χ2n) is 6.82. The molecule has 0 bridgehead atoms. The Balaban J connectivity index is 1.59. The number of hydrogen-bond acceptors (Lipinski definition) is 2. The number of amides is 1. The number of carboxylic acid groups (broad SMARTS) is 1. The lowest BCUT2D eigenvalue weighted by molar-refractivity contribution is -0.148. The van der Waals surface area contributed by atoms with Crippen LogP contribution >= 0.6 is 0 Å². The molecule has 1 saturated heterocycles. The first-order valence-electron chi connectivity index (χ1n) is 7.55. The summed E-state index contributed by atoms with van der Waals surface area (Å²) in [4.78, 5) is 25.5. The number of hydrogen-bond donors (Lipinski definition) is 1. The minimum Gasteiger partial charge on any atom is -0.481 e. The summed E-state index contributed by atoms with van der Waals surface area (Å²) < 4.78 is 0. The average Bonchev–Trinajstić information content (AvgIpc) is 2.85. The van der Waals surface area contributed by atoms with E-state index in [0.717, 1.165) is 6.42 Å². The van der Waals surface area contributed by atoms with E-state index in [0.29, 0.717) is 30.8 Å². The van der Waals surface area contributed by atoms with Crippen LogP contribution < -0.4 is 0 Å². The monoisotopic (exact) mass is 265 g/mol. The zero-order valence-electron chi connectivity index (χ0n) is 11.6. The van der Waals surface area contributed by atoms with E-state index in [1.165, 1.54) is 25.7 Å². The van der Waals surface area contributed by atoms with Crippen LogP contribution in [0.15, 0.2) is 0 Å². The highest BCUT2D eigenvalue weighted by Crippen LogP contribution is 2.63. The maximum atomic E-state index is 12.5. The van der Waals surface area contributed by atoms with Crippen LogP contribution in [0.2, 0.25) is 0 Å². The molecule has 19 heavy (non-hydrogen) atoms. The number of likely N-dealkylation sites (tertiary alicyclic amines) is 1. The van der Waals surface area contributed by atoms with Gasteiger partial charge in [0.25, 0.3) is 0 Å². The predicted octanol–water partition coefficient (Wildman–Crippen LogP) is 2.14. The van der Waals surface area contributed by atoms with Gasteiger partial charge >= 0.3 is 5.97 Å². The number of carbonyl (C=O) groups excluding carboxylic acids is 1. The van der Waals surface area contributed by atoms with Crippen LogP contribution in [-0.4, -0.2) is 35.0 Å². The highest BCUT2D eigenvalue weighted by molar-refractivity contribution is 5.83. The molecule has 1 N–H and O–H groups in total. The van der Waals surface area contributed by atoms with Crippen molar-refractivity contribution >= 4 is 11.9 Å². The highest BCUT2D eigenvalue weighted by atomic mass is 16.4. The second kappa shape index (κ2) is 4.50. The minimum atomic E-state index is -0.710. The number of carboxylic acids is 1. The third kappa shape index (κ3) is 2.15. The molecule has 1 spiro atoms. The van der Waals surface area contributed by atoms with Gasteiger partial charge in [0.1, 0.15) is 0 Å². The molecule has 0 aromatic rings. The molecule has 1 amide bonds. The van der Waals surface area contributed by atoms with E-state index in [-0.39, 0.29) is 17.8 Å². The Morgan fingerprint density at radius 2 is 1.95 bits per heavy atom. The van der Waals surface area contributed by atoms with Crippen molar-refractivity contribution in [2.24, 2.45) is 23.2 Å². The van der Waals surface area contributed by atoms with Crippen molar-refractivity contribution < 1.29 is 14.7 Å². The van der Waals surface area contributed by atoms with E-state index >= 15 is 0 Å². The van der Waals surface area contributed by atoms with Crippen LogP contribution in [0.4, 0.5) is 0 Å². The normalized spacial score (nSPS) is 36.5. The molecule has 1 aliphatic heterocycles. The van der Waals surface area contributed by atoms with Crippen molar-refractivity contribution in [3.05, 3.63) is 0 Å². The van der Waals surface area contributed by atoms with Gasteiger partial charge in [0.15, 0.2) is 0 Å². The zero-order chi connectivity index (χ0) is 13.6. The molecule has 3 unspecified atom stereocenters. The van der Waals surface area contributed by atoms with E-state index in [2.05, 4.69) is 0 Å². The van der Waals surface area contributed by atoms with E-state index in [1.54, 1.807) is 0 Å². The number of rotatable bonds is 2. The Morgan fingerprint density at radius 1 is 1.26 bits per heavy atom. The molecule has 3 atom stereocenters. The lowest BCUT2D eigenvalue weighted by Crippen LogP contribution is -2.46. The van der Waals surface area contributed by atoms with Gasteiger partial charge in [-0.2, -0.15) is 0 Å². The van der Waals surface area contributed by atoms with Gasteiger partial charge in [-0.05, 0) is 37.0 Å². The first-order valence-corrected chi connectivity index (χ1v) is 7.55. The zero-order valence-corrected chi connectivity index (χ0v) is 11.6. The van der Waals surface area contributed by atoms with Crippen LogP contribution in [0.3, 0.4) is 0 Å². The Labute approximate surface area is 114 Å². The number of piperidine rings is 1. The molecule has 0 aromatic heterocycles. The van der Waals surface area contributed by atoms with E-state index in [1.807, 2.05) is 11.8 Å². The van der Waals surface area contributed by atoms with E-state index in [4.69, 9.17) is 5.11 Å². The smallest absolute Gasteiger partial charge is 0.306 e. The lowest BCUT2D eigenvalue weighted by Gasteiger charge is -2.35.